The molecule has 20 heavy (non-hydrogen) atoms. The van der Waals surface area contributed by atoms with Crippen LogP contribution in [0.2, 0.25) is 0 Å². The number of rotatable bonds is 3. The van der Waals surface area contributed by atoms with E-state index in [1.54, 1.807) is 11.3 Å². The molecule has 3 rings (SSSR count). The fraction of sp³-hybridized carbons (Fsp3) is 0.312. The molecule has 2 N–H and O–H groups in total. The normalized spacial score (nSPS) is 22.3. The molecule has 1 aliphatic carbocycles. The van der Waals surface area contributed by atoms with Gasteiger partial charge in [0.05, 0.1) is 18.1 Å². The van der Waals surface area contributed by atoms with E-state index in [0.29, 0.717) is 6.42 Å². The van der Waals surface area contributed by atoms with Crippen LogP contribution in [0.4, 0.5) is 0 Å². The first kappa shape index (κ1) is 13.3. The minimum absolute atomic E-state index is 0.0341. The number of aliphatic hydroxyl groups is 1. The maximum atomic E-state index is 12.3. The number of fused-ring (bicyclic) bond motifs is 1. The molecule has 0 saturated carbocycles. The topological polar surface area (TPSA) is 49.3 Å². The van der Waals surface area contributed by atoms with Gasteiger partial charge in [-0.05, 0) is 29.5 Å². The molecular weight excluding hydrogens is 270 g/mol. The Hall–Kier alpha value is -1.65. The van der Waals surface area contributed by atoms with Crippen molar-refractivity contribution >= 4 is 17.2 Å². The smallest absolute Gasteiger partial charge is 0.228 e. The predicted octanol–water partition coefficient (Wildman–Crippen LogP) is 2.63. The molecule has 1 amide bonds. The average molecular weight is 287 g/mol. The molecule has 0 radical (unpaired) electrons. The summed E-state index contributed by atoms with van der Waals surface area (Å²) in [5, 5.41) is 15.1. The molecular formula is C16H17NO2S. The number of hydrogen-bond donors (Lipinski definition) is 2. The second-order valence-electron chi connectivity index (χ2n) is 5.19. The Balaban J connectivity index is 1.76. The molecule has 104 valence electrons. The van der Waals surface area contributed by atoms with Gasteiger partial charge in [0.1, 0.15) is 0 Å². The molecule has 0 saturated heterocycles. The molecule has 0 fully saturated rings. The van der Waals surface area contributed by atoms with E-state index in [1.165, 1.54) is 0 Å². The Morgan fingerprint density at radius 3 is 2.90 bits per heavy atom. The van der Waals surface area contributed by atoms with E-state index >= 15 is 0 Å². The van der Waals surface area contributed by atoms with Gasteiger partial charge in [0.25, 0.3) is 0 Å². The molecule has 0 aliphatic heterocycles. The number of carbonyl (C=O) groups is 1. The van der Waals surface area contributed by atoms with Crippen molar-refractivity contribution < 1.29 is 9.90 Å². The van der Waals surface area contributed by atoms with Crippen molar-refractivity contribution in [3.63, 3.8) is 0 Å². The van der Waals surface area contributed by atoms with Crippen molar-refractivity contribution in [2.75, 3.05) is 0 Å². The van der Waals surface area contributed by atoms with Crippen LogP contribution >= 0.6 is 11.3 Å². The molecule has 1 aliphatic rings. The van der Waals surface area contributed by atoms with Gasteiger partial charge in [-0.15, -0.1) is 11.3 Å². The average Bonchev–Trinajstić information content (AvgIpc) is 3.07. The standard InChI is InChI=1S/C16H17NO2S/c1-10(14-7-4-8-20-14)16(19)17-15-12-6-3-2-5-11(12)9-13(15)18/h2-8,10,13,15,18H,9H2,1H3,(H,17,19). The number of hydrogen-bond acceptors (Lipinski definition) is 3. The summed E-state index contributed by atoms with van der Waals surface area (Å²) in [6.07, 6.45) is 0.0704. The highest BCUT2D eigenvalue weighted by molar-refractivity contribution is 7.10. The van der Waals surface area contributed by atoms with Crippen LogP contribution in [-0.2, 0) is 11.2 Å². The van der Waals surface area contributed by atoms with E-state index in [0.717, 1.165) is 16.0 Å². The summed E-state index contributed by atoms with van der Waals surface area (Å²) in [6, 6.07) is 11.5. The van der Waals surface area contributed by atoms with Crippen LogP contribution in [0.15, 0.2) is 41.8 Å². The Labute approximate surface area is 122 Å². The van der Waals surface area contributed by atoms with E-state index in [2.05, 4.69) is 5.32 Å². The van der Waals surface area contributed by atoms with E-state index in [-0.39, 0.29) is 17.9 Å². The van der Waals surface area contributed by atoms with Crippen LogP contribution in [-0.4, -0.2) is 17.1 Å². The van der Waals surface area contributed by atoms with Crippen LogP contribution in [0.25, 0.3) is 0 Å². The molecule has 1 aromatic carbocycles. The van der Waals surface area contributed by atoms with Crippen LogP contribution in [0, 0.1) is 0 Å². The Bertz CT molecular complexity index is 609. The summed E-state index contributed by atoms with van der Waals surface area (Å²) in [7, 11) is 0. The highest BCUT2D eigenvalue weighted by Crippen LogP contribution is 2.32. The first-order valence-corrected chi connectivity index (χ1v) is 7.64. The molecule has 1 heterocycles. The summed E-state index contributed by atoms with van der Waals surface area (Å²) in [6.45, 7) is 1.90. The zero-order valence-corrected chi connectivity index (χ0v) is 12.1. The second kappa shape index (κ2) is 5.38. The van der Waals surface area contributed by atoms with Crippen molar-refractivity contribution in [3.05, 3.63) is 57.8 Å². The molecule has 3 unspecified atom stereocenters. The Kier molecular flexibility index (Phi) is 3.59. The summed E-state index contributed by atoms with van der Waals surface area (Å²) in [5.74, 6) is -0.219. The predicted molar refractivity (Wildman–Crippen MR) is 79.8 cm³/mol. The third-order valence-corrected chi connectivity index (χ3v) is 4.92. The lowest BCUT2D eigenvalue weighted by Crippen LogP contribution is -2.36. The first-order valence-electron chi connectivity index (χ1n) is 6.76. The van der Waals surface area contributed by atoms with Crippen LogP contribution < -0.4 is 5.32 Å². The van der Waals surface area contributed by atoms with E-state index in [1.807, 2.05) is 48.7 Å². The zero-order chi connectivity index (χ0) is 14.1. The SMILES string of the molecule is CC(C(=O)NC1c2ccccc2CC1O)c1cccs1. The van der Waals surface area contributed by atoms with Crippen molar-refractivity contribution in [1.29, 1.82) is 0 Å². The van der Waals surface area contributed by atoms with E-state index in [9.17, 15) is 9.90 Å². The van der Waals surface area contributed by atoms with Gasteiger partial charge in [0.2, 0.25) is 5.91 Å². The van der Waals surface area contributed by atoms with Crippen molar-refractivity contribution in [1.82, 2.24) is 5.32 Å². The summed E-state index contributed by atoms with van der Waals surface area (Å²) < 4.78 is 0. The van der Waals surface area contributed by atoms with Gasteiger partial charge in [-0.25, -0.2) is 0 Å². The van der Waals surface area contributed by atoms with Gasteiger partial charge in [0.15, 0.2) is 0 Å². The van der Waals surface area contributed by atoms with Gasteiger partial charge >= 0.3 is 0 Å². The van der Waals surface area contributed by atoms with Crippen molar-refractivity contribution in [2.24, 2.45) is 0 Å². The van der Waals surface area contributed by atoms with E-state index < -0.39 is 6.10 Å². The maximum absolute atomic E-state index is 12.3. The molecule has 3 nitrogen and oxygen atoms in total. The quantitative estimate of drug-likeness (QED) is 0.911. The summed E-state index contributed by atoms with van der Waals surface area (Å²) in [5.41, 5.74) is 2.15. The summed E-state index contributed by atoms with van der Waals surface area (Å²) >= 11 is 1.58. The van der Waals surface area contributed by atoms with E-state index in [4.69, 9.17) is 0 Å². The first-order chi connectivity index (χ1) is 9.66. The zero-order valence-electron chi connectivity index (χ0n) is 11.2. The third-order valence-electron chi connectivity index (χ3n) is 3.86. The lowest BCUT2D eigenvalue weighted by molar-refractivity contribution is -0.123. The minimum atomic E-state index is -0.535. The molecule has 4 heteroatoms. The molecule has 2 aromatic rings. The fourth-order valence-corrected chi connectivity index (χ4v) is 3.48. The highest BCUT2D eigenvalue weighted by Gasteiger charge is 2.33. The van der Waals surface area contributed by atoms with Gasteiger partial charge in [-0.1, -0.05) is 30.3 Å². The largest absolute Gasteiger partial charge is 0.390 e. The van der Waals surface area contributed by atoms with Crippen molar-refractivity contribution in [3.8, 4) is 0 Å². The number of amides is 1. The van der Waals surface area contributed by atoms with Gasteiger partial charge < -0.3 is 10.4 Å². The monoisotopic (exact) mass is 287 g/mol. The van der Waals surface area contributed by atoms with Crippen molar-refractivity contribution in [2.45, 2.75) is 31.4 Å². The molecule has 0 bridgehead atoms. The Morgan fingerprint density at radius 1 is 1.35 bits per heavy atom. The number of carbonyl (C=O) groups excluding carboxylic acids is 1. The number of aliphatic hydroxyl groups excluding tert-OH is 1. The Morgan fingerprint density at radius 2 is 2.15 bits per heavy atom. The van der Waals surface area contributed by atoms with Crippen LogP contribution in [0.3, 0.4) is 0 Å². The highest BCUT2D eigenvalue weighted by atomic mass is 32.1. The van der Waals surface area contributed by atoms with Gasteiger partial charge in [-0.3, -0.25) is 4.79 Å². The lowest BCUT2D eigenvalue weighted by Gasteiger charge is -2.20. The number of benzene rings is 1. The van der Waals surface area contributed by atoms with Crippen LogP contribution in [0.5, 0.6) is 0 Å². The molecule has 1 aromatic heterocycles. The lowest BCUT2D eigenvalue weighted by atomic mass is 10.1. The minimum Gasteiger partial charge on any atom is -0.390 e. The number of nitrogens with one attached hydrogen (secondary N) is 1. The summed E-state index contributed by atoms with van der Waals surface area (Å²) in [4.78, 5) is 13.4. The van der Waals surface area contributed by atoms with Gasteiger partial charge in [-0.2, -0.15) is 0 Å². The van der Waals surface area contributed by atoms with Gasteiger partial charge in [0, 0.05) is 11.3 Å². The second-order valence-corrected chi connectivity index (χ2v) is 6.17. The third kappa shape index (κ3) is 2.37. The fourth-order valence-electron chi connectivity index (χ4n) is 2.69. The molecule has 3 atom stereocenters. The maximum Gasteiger partial charge on any atom is 0.228 e. The van der Waals surface area contributed by atoms with Crippen LogP contribution in [0.1, 0.15) is 34.9 Å². The molecule has 0 spiro atoms. The number of thiophene rings is 1.